The van der Waals surface area contributed by atoms with E-state index in [9.17, 15) is 4.79 Å². The molecule has 0 bridgehead atoms. The summed E-state index contributed by atoms with van der Waals surface area (Å²) in [7, 11) is 0. The number of nitrogens with zero attached hydrogens (tertiary/aromatic N) is 1. The van der Waals surface area contributed by atoms with Gasteiger partial charge in [0, 0.05) is 17.1 Å². The molecule has 2 heterocycles. The van der Waals surface area contributed by atoms with E-state index in [1.54, 1.807) is 11.3 Å². The van der Waals surface area contributed by atoms with Crippen molar-refractivity contribution in [3.05, 3.63) is 46.7 Å². The van der Waals surface area contributed by atoms with Crippen LogP contribution in [0.5, 0.6) is 5.75 Å². The summed E-state index contributed by atoms with van der Waals surface area (Å²) in [5, 5.41) is 5.05. The van der Waals surface area contributed by atoms with Crippen LogP contribution in [0.3, 0.4) is 0 Å². The van der Waals surface area contributed by atoms with Crippen molar-refractivity contribution in [1.82, 2.24) is 4.90 Å². The molecule has 1 saturated heterocycles. The van der Waals surface area contributed by atoms with Crippen LogP contribution in [-0.2, 0) is 0 Å². The molecular weight excluding hydrogens is 296 g/mol. The van der Waals surface area contributed by atoms with Gasteiger partial charge >= 0.3 is 6.03 Å². The summed E-state index contributed by atoms with van der Waals surface area (Å²) in [6, 6.07) is 11.8. The predicted molar refractivity (Wildman–Crippen MR) is 89.6 cm³/mol. The molecule has 0 aliphatic carbocycles. The molecule has 1 aliphatic rings. The van der Waals surface area contributed by atoms with E-state index in [1.165, 1.54) is 4.88 Å². The number of carbonyl (C=O) groups excluding carboxylic acids is 1. The molecule has 116 valence electrons. The topological polar surface area (TPSA) is 41.6 Å². The van der Waals surface area contributed by atoms with Gasteiger partial charge in [-0.2, -0.15) is 0 Å². The molecular formula is C17H20N2O2S. The molecule has 2 aromatic rings. The molecule has 1 atom stereocenters. The minimum atomic E-state index is -0.0277. The first kappa shape index (κ1) is 14.9. The van der Waals surface area contributed by atoms with Crippen LogP contribution in [0, 0.1) is 0 Å². The smallest absolute Gasteiger partial charge is 0.322 e. The minimum Gasteiger partial charge on any atom is -0.494 e. The maximum atomic E-state index is 12.5. The van der Waals surface area contributed by atoms with Gasteiger partial charge in [-0.3, -0.25) is 0 Å². The quantitative estimate of drug-likeness (QED) is 0.901. The molecule has 0 spiro atoms. The maximum Gasteiger partial charge on any atom is 0.322 e. The van der Waals surface area contributed by atoms with Crippen molar-refractivity contribution in [3.63, 3.8) is 0 Å². The summed E-state index contributed by atoms with van der Waals surface area (Å²) in [5.74, 6) is 0.818. The molecule has 1 aromatic heterocycles. The third-order valence-corrected chi connectivity index (χ3v) is 4.78. The van der Waals surface area contributed by atoms with Crippen LogP contribution in [0.2, 0.25) is 0 Å². The predicted octanol–water partition coefficient (Wildman–Crippen LogP) is 4.52. The Kier molecular flexibility index (Phi) is 4.63. The van der Waals surface area contributed by atoms with Gasteiger partial charge in [0.2, 0.25) is 0 Å². The largest absolute Gasteiger partial charge is 0.494 e. The zero-order valence-electron chi connectivity index (χ0n) is 12.6. The summed E-state index contributed by atoms with van der Waals surface area (Å²) in [5.41, 5.74) is 0.797. The van der Waals surface area contributed by atoms with Gasteiger partial charge in [-0.05, 0) is 55.5 Å². The molecule has 1 aromatic carbocycles. The Labute approximate surface area is 134 Å². The van der Waals surface area contributed by atoms with E-state index < -0.39 is 0 Å². The number of likely N-dealkylation sites (tertiary alicyclic amines) is 1. The summed E-state index contributed by atoms with van der Waals surface area (Å²) in [6.45, 7) is 3.40. The number of nitrogens with one attached hydrogen (secondary N) is 1. The summed E-state index contributed by atoms with van der Waals surface area (Å²) in [4.78, 5) is 15.7. The lowest BCUT2D eigenvalue weighted by molar-refractivity contribution is 0.208. The highest BCUT2D eigenvalue weighted by Crippen LogP contribution is 2.34. The molecule has 0 unspecified atom stereocenters. The molecule has 1 N–H and O–H groups in total. The van der Waals surface area contributed by atoms with Crippen LogP contribution in [0.25, 0.3) is 0 Å². The first-order chi connectivity index (χ1) is 10.8. The highest BCUT2D eigenvalue weighted by atomic mass is 32.1. The number of ether oxygens (including phenoxy) is 1. The van der Waals surface area contributed by atoms with E-state index in [1.807, 2.05) is 42.2 Å². The average Bonchev–Trinajstić information content (AvgIpc) is 3.20. The number of hydrogen-bond donors (Lipinski definition) is 1. The molecule has 5 heteroatoms. The van der Waals surface area contributed by atoms with Crippen LogP contribution in [-0.4, -0.2) is 24.1 Å². The number of benzene rings is 1. The zero-order valence-corrected chi connectivity index (χ0v) is 13.4. The molecule has 0 radical (unpaired) electrons. The van der Waals surface area contributed by atoms with E-state index in [2.05, 4.69) is 16.8 Å². The monoisotopic (exact) mass is 316 g/mol. The van der Waals surface area contributed by atoms with Crippen LogP contribution in [0.4, 0.5) is 10.5 Å². The normalized spacial score (nSPS) is 17.5. The van der Waals surface area contributed by atoms with Crippen LogP contribution >= 0.6 is 11.3 Å². The number of hydrogen-bond acceptors (Lipinski definition) is 3. The fourth-order valence-electron chi connectivity index (χ4n) is 2.78. The molecule has 22 heavy (non-hydrogen) atoms. The van der Waals surface area contributed by atoms with Gasteiger partial charge in [-0.15, -0.1) is 11.3 Å². The maximum absolute atomic E-state index is 12.5. The lowest BCUT2D eigenvalue weighted by Crippen LogP contribution is -2.34. The van der Waals surface area contributed by atoms with Gasteiger partial charge < -0.3 is 15.0 Å². The summed E-state index contributed by atoms with van der Waals surface area (Å²) < 4.78 is 5.41. The molecule has 1 fully saturated rings. The number of thiophene rings is 1. The van der Waals surface area contributed by atoms with Crippen molar-refractivity contribution in [2.24, 2.45) is 0 Å². The van der Waals surface area contributed by atoms with Crippen molar-refractivity contribution in [2.45, 2.75) is 25.8 Å². The van der Waals surface area contributed by atoms with Crippen LogP contribution < -0.4 is 10.1 Å². The van der Waals surface area contributed by atoms with Gasteiger partial charge in [0.15, 0.2) is 0 Å². The van der Waals surface area contributed by atoms with Crippen molar-refractivity contribution < 1.29 is 9.53 Å². The molecule has 2 amide bonds. The van der Waals surface area contributed by atoms with E-state index in [4.69, 9.17) is 4.74 Å². The fraction of sp³-hybridized carbons (Fsp3) is 0.353. The number of amides is 2. The lowest BCUT2D eigenvalue weighted by Gasteiger charge is -2.24. The van der Waals surface area contributed by atoms with Crippen LogP contribution in [0.1, 0.15) is 30.7 Å². The fourth-order valence-corrected chi connectivity index (χ4v) is 3.66. The Balaban J connectivity index is 1.66. The number of carbonyl (C=O) groups is 1. The molecule has 3 rings (SSSR count). The number of urea groups is 1. The van der Waals surface area contributed by atoms with Gasteiger partial charge in [-0.25, -0.2) is 4.79 Å². The van der Waals surface area contributed by atoms with Crippen LogP contribution in [0.15, 0.2) is 41.8 Å². The van der Waals surface area contributed by atoms with E-state index in [0.29, 0.717) is 6.61 Å². The van der Waals surface area contributed by atoms with E-state index >= 15 is 0 Å². The second kappa shape index (κ2) is 6.83. The number of anilines is 1. The minimum absolute atomic E-state index is 0.0277. The van der Waals surface area contributed by atoms with Gasteiger partial charge in [0.05, 0.1) is 12.6 Å². The molecule has 1 aliphatic heterocycles. The highest BCUT2D eigenvalue weighted by molar-refractivity contribution is 7.10. The zero-order chi connectivity index (χ0) is 15.4. The van der Waals surface area contributed by atoms with Crippen molar-refractivity contribution in [2.75, 3.05) is 18.5 Å². The Hall–Kier alpha value is -2.01. The third kappa shape index (κ3) is 3.25. The molecule has 4 nitrogen and oxygen atoms in total. The molecule has 0 saturated carbocycles. The highest BCUT2D eigenvalue weighted by Gasteiger charge is 2.30. The van der Waals surface area contributed by atoms with E-state index in [-0.39, 0.29) is 12.1 Å². The number of rotatable bonds is 4. The SMILES string of the molecule is CCOc1ccc(NC(=O)N2CCC[C@@H]2c2cccs2)cc1. The van der Waals surface area contributed by atoms with Crippen molar-refractivity contribution in [3.8, 4) is 5.75 Å². The summed E-state index contributed by atoms with van der Waals surface area (Å²) >= 11 is 1.72. The Morgan fingerprint density at radius 3 is 2.86 bits per heavy atom. The Morgan fingerprint density at radius 2 is 2.18 bits per heavy atom. The first-order valence-electron chi connectivity index (χ1n) is 7.62. The Bertz CT molecular complexity index is 610. The lowest BCUT2D eigenvalue weighted by atomic mass is 10.2. The second-order valence-corrected chi connectivity index (χ2v) is 6.23. The second-order valence-electron chi connectivity index (χ2n) is 5.25. The van der Waals surface area contributed by atoms with E-state index in [0.717, 1.165) is 30.8 Å². The summed E-state index contributed by atoms with van der Waals surface area (Å²) in [6.07, 6.45) is 2.09. The Morgan fingerprint density at radius 1 is 1.36 bits per heavy atom. The van der Waals surface area contributed by atoms with Gasteiger partial charge in [0.1, 0.15) is 5.75 Å². The third-order valence-electron chi connectivity index (χ3n) is 3.80. The average molecular weight is 316 g/mol. The first-order valence-corrected chi connectivity index (χ1v) is 8.50. The van der Waals surface area contributed by atoms with Gasteiger partial charge in [0.25, 0.3) is 0 Å². The standard InChI is InChI=1S/C17H20N2O2S/c1-2-21-14-9-7-13(8-10-14)18-17(20)19-11-3-5-15(19)16-6-4-12-22-16/h4,6-10,12,15H,2-3,5,11H2,1H3,(H,18,20)/t15-/m1/s1. The van der Waals surface area contributed by atoms with Crippen molar-refractivity contribution >= 4 is 23.1 Å². The van der Waals surface area contributed by atoms with Crippen molar-refractivity contribution in [1.29, 1.82) is 0 Å². The van der Waals surface area contributed by atoms with Gasteiger partial charge in [-0.1, -0.05) is 6.07 Å².